The number of anilines is 2. The van der Waals surface area contributed by atoms with E-state index in [4.69, 9.17) is 9.47 Å². The molecule has 1 aromatic heterocycles. The Hall–Kier alpha value is -2.90. The molecular weight excluding hydrogens is 298 g/mol. The third-order valence-electron chi connectivity index (χ3n) is 2.88. The van der Waals surface area contributed by atoms with Crippen LogP contribution >= 0.6 is 0 Å². The van der Waals surface area contributed by atoms with Crippen LogP contribution in [0.15, 0.2) is 24.3 Å². The maximum Gasteiger partial charge on any atom is 0.341 e. The first-order chi connectivity index (χ1) is 10.9. The molecule has 0 N–H and O–H groups in total. The highest BCUT2D eigenvalue weighted by Gasteiger charge is 2.16. The molecular formula is C15H19N5O3. The van der Waals surface area contributed by atoms with Crippen LogP contribution in [-0.4, -0.2) is 56.2 Å². The van der Waals surface area contributed by atoms with Gasteiger partial charge in [-0.1, -0.05) is 12.1 Å². The highest BCUT2D eigenvalue weighted by Crippen LogP contribution is 2.25. The van der Waals surface area contributed by atoms with Gasteiger partial charge in [0.2, 0.25) is 11.9 Å². The Labute approximate surface area is 134 Å². The summed E-state index contributed by atoms with van der Waals surface area (Å²) in [6.45, 7) is 0. The summed E-state index contributed by atoms with van der Waals surface area (Å²) < 4.78 is 10.4. The van der Waals surface area contributed by atoms with Gasteiger partial charge in [0.15, 0.2) is 0 Å². The summed E-state index contributed by atoms with van der Waals surface area (Å²) >= 11 is 0. The van der Waals surface area contributed by atoms with Crippen LogP contribution in [0.25, 0.3) is 0 Å². The average Bonchev–Trinajstić information content (AvgIpc) is 2.54. The van der Waals surface area contributed by atoms with Crippen molar-refractivity contribution in [2.45, 2.75) is 0 Å². The third-order valence-corrected chi connectivity index (χ3v) is 2.88. The maximum absolute atomic E-state index is 11.8. The van der Waals surface area contributed by atoms with E-state index in [1.54, 1.807) is 34.1 Å². The summed E-state index contributed by atoms with van der Waals surface area (Å²) in [6.07, 6.45) is 0. The van der Waals surface area contributed by atoms with Crippen molar-refractivity contribution in [3.05, 3.63) is 29.8 Å². The molecule has 0 fully saturated rings. The maximum atomic E-state index is 11.8. The first kappa shape index (κ1) is 16.5. The molecule has 1 aromatic carbocycles. The highest BCUT2D eigenvalue weighted by atomic mass is 16.5. The van der Waals surface area contributed by atoms with E-state index in [1.807, 2.05) is 28.2 Å². The van der Waals surface area contributed by atoms with Crippen LogP contribution in [0.3, 0.4) is 0 Å². The lowest BCUT2D eigenvalue weighted by molar-refractivity contribution is 0.0598. The van der Waals surface area contributed by atoms with E-state index in [0.717, 1.165) is 0 Å². The Morgan fingerprint density at radius 2 is 1.52 bits per heavy atom. The van der Waals surface area contributed by atoms with Gasteiger partial charge in [0.25, 0.3) is 0 Å². The summed E-state index contributed by atoms with van der Waals surface area (Å²) in [5.41, 5.74) is 0.299. The van der Waals surface area contributed by atoms with Gasteiger partial charge in [-0.15, -0.1) is 0 Å². The van der Waals surface area contributed by atoms with E-state index in [2.05, 4.69) is 15.0 Å². The van der Waals surface area contributed by atoms with Crippen molar-refractivity contribution in [1.82, 2.24) is 15.0 Å². The van der Waals surface area contributed by atoms with Crippen LogP contribution in [0.1, 0.15) is 10.4 Å². The van der Waals surface area contributed by atoms with Crippen LogP contribution in [0, 0.1) is 0 Å². The van der Waals surface area contributed by atoms with Gasteiger partial charge in [-0.05, 0) is 12.1 Å². The molecule has 0 saturated carbocycles. The van der Waals surface area contributed by atoms with Gasteiger partial charge in [0.05, 0.1) is 7.11 Å². The summed E-state index contributed by atoms with van der Waals surface area (Å²) in [5, 5.41) is 0. The van der Waals surface area contributed by atoms with Crippen LogP contribution in [0.5, 0.6) is 11.8 Å². The molecule has 2 aromatic rings. The molecule has 1 heterocycles. The normalized spacial score (nSPS) is 10.1. The number of benzene rings is 1. The van der Waals surface area contributed by atoms with Gasteiger partial charge in [-0.25, -0.2) is 4.79 Å². The minimum Gasteiger partial charge on any atom is -0.465 e. The first-order valence-corrected chi connectivity index (χ1v) is 6.88. The molecule has 0 atom stereocenters. The Kier molecular flexibility index (Phi) is 4.95. The predicted molar refractivity (Wildman–Crippen MR) is 86.3 cm³/mol. The third kappa shape index (κ3) is 3.85. The number of hydrogen-bond acceptors (Lipinski definition) is 8. The van der Waals surface area contributed by atoms with Gasteiger partial charge in [-0.3, -0.25) is 0 Å². The lowest BCUT2D eigenvalue weighted by Crippen LogP contribution is -2.19. The summed E-state index contributed by atoms with van der Waals surface area (Å²) in [6, 6.07) is 6.85. The fourth-order valence-electron chi connectivity index (χ4n) is 1.71. The van der Waals surface area contributed by atoms with E-state index in [0.29, 0.717) is 23.2 Å². The van der Waals surface area contributed by atoms with Crippen molar-refractivity contribution in [1.29, 1.82) is 0 Å². The minimum atomic E-state index is -0.490. The number of rotatable bonds is 5. The topological polar surface area (TPSA) is 80.7 Å². The second-order valence-electron chi connectivity index (χ2n) is 5.10. The first-order valence-electron chi connectivity index (χ1n) is 6.88. The monoisotopic (exact) mass is 317 g/mol. The number of ether oxygens (including phenoxy) is 2. The number of methoxy groups -OCH3 is 1. The van der Waals surface area contributed by atoms with Crippen molar-refractivity contribution in [2.75, 3.05) is 45.1 Å². The number of esters is 1. The molecule has 8 heteroatoms. The summed E-state index contributed by atoms with van der Waals surface area (Å²) in [7, 11) is 8.60. The van der Waals surface area contributed by atoms with E-state index in [9.17, 15) is 4.79 Å². The number of para-hydroxylation sites is 1. The van der Waals surface area contributed by atoms with Crippen LogP contribution < -0.4 is 14.5 Å². The van der Waals surface area contributed by atoms with Crippen molar-refractivity contribution in [3.8, 4) is 11.8 Å². The quantitative estimate of drug-likeness (QED) is 0.769. The van der Waals surface area contributed by atoms with Crippen LogP contribution in [0.2, 0.25) is 0 Å². The molecule has 0 aliphatic rings. The highest BCUT2D eigenvalue weighted by molar-refractivity contribution is 5.92. The van der Waals surface area contributed by atoms with Gasteiger partial charge in [0.1, 0.15) is 11.3 Å². The summed E-state index contributed by atoms with van der Waals surface area (Å²) in [4.78, 5) is 28.1. The number of nitrogens with zero attached hydrogens (tertiary/aromatic N) is 5. The molecule has 8 nitrogen and oxygen atoms in total. The zero-order valence-corrected chi connectivity index (χ0v) is 13.8. The lowest BCUT2D eigenvalue weighted by atomic mass is 10.2. The van der Waals surface area contributed by atoms with Gasteiger partial charge in [0, 0.05) is 28.2 Å². The SMILES string of the molecule is COC(=O)c1ccccc1Oc1nc(N(C)C)nc(N(C)C)n1. The standard InChI is InChI=1S/C15H19N5O3/c1-19(2)13-16-14(20(3)4)18-15(17-13)23-11-9-7-6-8-10(11)12(21)22-5/h6-9H,1-5H3. The second kappa shape index (κ2) is 6.91. The Morgan fingerprint density at radius 3 is 2.04 bits per heavy atom. The van der Waals surface area contributed by atoms with E-state index in [-0.39, 0.29) is 6.01 Å². The molecule has 0 aliphatic heterocycles. The zero-order valence-electron chi connectivity index (χ0n) is 13.8. The fourth-order valence-corrected chi connectivity index (χ4v) is 1.71. The van der Waals surface area contributed by atoms with Crippen molar-refractivity contribution in [3.63, 3.8) is 0 Å². The molecule has 0 radical (unpaired) electrons. The lowest BCUT2D eigenvalue weighted by Gasteiger charge is -2.16. The molecule has 0 bridgehead atoms. The Bertz CT molecular complexity index is 677. The van der Waals surface area contributed by atoms with E-state index < -0.39 is 5.97 Å². The molecule has 2 rings (SSSR count). The fraction of sp³-hybridized carbons (Fsp3) is 0.333. The second-order valence-corrected chi connectivity index (χ2v) is 5.10. The van der Waals surface area contributed by atoms with Crippen molar-refractivity contribution >= 4 is 17.9 Å². The minimum absolute atomic E-state index is 0.101. The molecule has 0 amide bonds. The number of aromatic nitrogens is 3. The Balaban J connectivity index is 2.42. The van der Waals surface area contributed by atoms with Crippen LogP contribution in [-0.2, 0) is 4.74 Å². The molecule has 122 valence electrons. The summed E-state index contributed by atoms with van der Waals surface area (Å²) in [5.74, 6) is 0.735. The number of hydrogen-bond donors (Lipinski definition) is 0. The van der Waals surface area contributed by atoms with Crippen molar-refractivity contribution in [2.24, 2.45) is 0 Å². The molecule has 0 unspecified atom stereocenters. The largest absolute Gasteiger partial charge is 0.465 e. The number of carbonyl (C=O) groups excluding carboxylic acids is 1. The average molecular weight is 317 g/mol. The van der Waals surface area contributed by atoms with E-state index >= 15 is 0 Å². The van der Waals surface area contributed by atoms with Gasteiger partial charge in [-0.2, -0.15) is 15.0 Å². The number of carbonyl (C=O) groups is 1. The molecule has 0 saturated heterocycles. The van der Waals surface area contributed by atoms with Gasteiger partial charge >= 0.3 is 12.0 Å². The Morgan fingerprint density at radius 1 is 0.957 bits per heavy atom. The van der Waals surface area contributed by atoms with E-state index in [1.165, 1.54) is 7.11 Å². The van der Waals surface area contributed by atoms with Gasteiger partial charge < -0.3 is 19.3 Å². The zero-order chi connectivity index (χ0) is 17.0. The molecule has 23 heavy (non-hydrogen) atoms. The molecule has 0 spiro atoms. The predicted octanol–water partition coefficient (Wildman–Crippen LogP) is 1.58. The molecule has 0 aliphatic carbocycles. The van der Waals surface area contributed by atoms with Crippen molar-refractivity contribution < 1.29 is 14.3 Å². The smallest absolute Gasteiger partial charge is 0.341 e. The van der Waals surface area contributed by atoms with Crippen LogP contribution in [0.4, 0.5) is 11.9 Å².